The third-order valence-electron chi connectivity index (χ3n) is 4.01. The average molecular weight is 334 g/mol. The number of likely N-dealkylation sites (tertiary alicyclic amines) is 1. The largest absolute Gasteiger partial charge is 0.381 e. The zero-order valence-corrected chi connectivity index (χ0v) is 13.2. The van der Waals surface area contributed by atoms with E-state index in [1.165, 1.54) is 12.1 Å². The first-order valence-corrected chi connectivity index (χ1v) is 6.95. The molecule has 0 saturated carbocycles. The molecule has 0 aromatic heterocycles. The first kappa shape index (κ1) is 18.8. The number of benzene rings is 1. The van der Waals surface area contributed by atoms with E-state index < -0.39 is 10.7 Å². The van der Waals surface area contributed by atoms with Crippen LogP contribution in [-0.2, 0) is 11.3 Å². The lowest BCUT2D eigenvalue weighted by atomic mass is 9.98. The van der Waals surface area contributed by atoms with Crippen molar-refractivity contribution < 1.29 is 14.1 Å². The minimum absolute atomic E-state index is 0. The maximum Gasteiger partial charge on any atom is 0.274 e. The lowest BCUT2D eigenvalue weighted by Crippen LogP contribution is -2.48. The number of nitrogens with zero attached hydrogens (tertiary/aromatic N) is 2. The summed E-state index contributed by atoms with van der Waals surface area (Å²) >= 11 is 0. The van der Waals surface area contributed by atoms with E-state index in [1.807, 2.05) is 0 Å². The number of hydrogen-bond donors (Lipinski definition) is 1. The highest BCUT2D eigenvalue weighted by Crippen LogP contribution is 2.26. The summed E-state index contributed by atoms with van der Waals surface area (Å²) in [5, 5.41) is 11.0. The summed E-state index contributed by atoms with van der Waals surface area (Å²) in [6.45, 7) is 1.50. The molecule has 2 atom stereocenters. The Labute approximate surface area is 135 Å². The molecule has 8 heteroatoms. The van der Waals surface area contributed by atoms with Gasteiger partial charge in [-0.1, -0.05) is 0 Å². The van der Waals surface area contributed by atoms with E-state index >= 15 is 0 Å². The zero-order chi connectivity index (χ0) is 15.4. The number of halogens is 2. The second kappa shape index (κ2) is 8.38. The maximum atomic E-state index is 13.4. The van der Waals surface area contributed by atoms with Crippen molar-refractivity contribution >= 4 is 18.1 Å². The van der Waals surface area contributed by atoms with Gasteiger partial charge in [0, 0.05) is 44.4 Å². The summed E-state index contributed by atoms with van der Waals surface area (Å²) in [6.07, 6.45) is 1.80. The number of nitro benzene ring substituents is 1. The lowest BCUT2D eigenvalue weighted by molar-refractivity contribution is -0.385. The van der Waals surface area contributed by atoms with Crippen molar-refractivity contribution in [1.82, 2.24) is 4.90 Å². The molecular formula is C14H21ClFN3O3. The third kappa shape index (κ3) is 4.36. The van der Waals surface area contributed by atoms with Crippen molar-refractivity contribution in [2.75, 3.05) is 20.2 Å². The van der Waals surface area contributed by atoms with Crippen LogP contribution in [-0.4, -0.2) is 42.2 Å². The molecule has 1 heterocycles. The van der Waals surface area contributed by atoms with E-state index in [2.05, 4.69) is 4.90 Å². The van der Waals surface area contributed by atoms with Gasteiger partial charge >= 0.3 is 0 Å². The Hall–Kier alpha value is -1.28. The second-order valence-electron chi connectivity index (χ2n) is 5.27. The Bertz CT molecular complexity index is 518. The van der Waals surface area contributed by atoms with E-state index in [-0.39, 0.29) is 30.2 Å². The molecule has 0 amide bonds. The molecule has 1 aromatic rings. The highest BCUT2D eigenvalue weighted by atomic mass is 35.5. The average Bonchev–Trinajstić information content (AvgIpc) is 2.47. The van der Waals surface area contributed by atoms with Crippen molar-refractivity contribution in [3.63, 3.8) is 0 Å². The molecule has 6 nitrogen and oxygen atoms in total. The predicted octanol–water partition coefficient (Wildman–Crippen LogP) is 2.09. The molecule has 2 rings (SSSR count). The summed E-state index contributed by atoms with van der Waals surface area (Å²) in [6, 6.07) is 3.64. The van der Waals surface area contributed by atoms with Crippen molar-refractivity contribution in [3.05, 3.63) is 39.7 Å². The zero-order valence-electron chi connectivity index (χ0n) is 12.4. The number of rotatable bonds is 5. The summed E-state index contributed by atoms with van der Waals surface area (Å²) in [5.74, 6) is -0.466. The van der Waals surface area contributed by atoms with Crippen LogP contribution in [0.5, 0.6) is 0 Å². The lowest BCUT2D eigenvalue weighted by Gasteiger charge is -2.38. The van der Waals surface area contributed by atoms with E-state index in [1.54, 1.807) is 7.11 Å². The molecule has 0 radical (unpaired) electrons. The molecule has 0 bridgehead atoms. The Balaban J connectivity index is 0.00000242. The van der Waals surface area contributed by atoms with Crippen LogP contribution in [0.1, 0.15) is 18.4 Å². The fourth-order valence-corrected chi connectivity index (χ4v) is 2.81. The van der Waals surface area contributed by atoms with Crippen LogP contribution in [0.4, 0.5) is 10.1 Å². The Morgan fingerprint density at radius 3 is 2.86 bits per heavy atom. The maximum absolute atomic E-state index is 13.4. The number of hydrogen-bond acceptors (Lipinski definition) is 5. The monoisotopic (exact) mass is 333 g/mol. The Morgan fingerprint density at radius 1 is 1.55 bits per heavy atom. The molecule has 22 heavy (non-hydrogen) atoms. The van der Waals surface area contributed by atoms with Crippen LogP contribution in [0.2, 0.25) is 0 Å². The van der Waals surface area contributed by atoms with Gasteiger partial charge in [0.1, 0.15) is 5.82 Å². The Kier molecular flexibility index (Phi) is 7.15. The molecule has 1 aliphatic rings. The van der Waals surface area contributed by atoms with Crippen LogP contribution < -0.4 is 5.73 Å². The number of nitrogens with two attached hydrogens (primary N) is 1. The third-order valence-corrected chi connectivity index (χ3v) is 4.01. The number of nitro groups is 1. The van der Waals surface area contributed by atoms with Crippen molar-refractivity contribution in [2.24, 2.45) is 5.73 Å². The summed E-state index contributed by atoms with van der Waals surface area (Å²) < 4.78 is 18.7. The van der Waals surface area contributed by atoms with Gasteiger partial charge in [-0.15, -0.1) is 12.4 Å². The molecule has 1 aromatic carbocycles. The van der Waals surface area contributed by atoms with E-state index in [0.717, 1.165) is 25.5 Å². The van der Waals surface area contributed by atoms with Crippen molar-refractivity contribution in [1.29, 1.82) is 0 Å². The van der Waals surface area contributed by atoms with Crippen LogP contribution >= 0.6 is 12.4 Å². The van der Waals surface area contributed by atoms with E-state index in [9.17, 15) is 14.5 Å². The highest BCUT2D eigenvalue weighted by molar-refractivity contribution is 5.85. The van der Waals surface area contributed by atoms with Crippen molar-refractivity contribution in [3.8, 4) is 0 Å². The van der Waals surface area contributed by atoms with Gasteiger partial charge in [0.2, 0.25) is 0 Å². The van der Waals surface area contributed by atoms with Gasteiger partial charge in [-0.05, 0) is 25.0 Å². The van der Waals surface area contributed by atoms with E-state index in [4.69, 9.17) is 10.5 Å². The number of methoxy groups -OCH3 is 1. The molecule has 0 aliphatic carbocycles. The van der Waals surface area contributed by atoms with E-state index in [0.29, 0.717) is 18.7 Å². The molecule has 0 spiro atoms. The minimum Gasteiger partial charge on any atom is -0.381 e. The molecule has 124 valence electrons. The molecule has 2 N–H and O–H groups in total. The summed E-state index contributed by atoms with van der Waals surface area (Å²) in [5.41, 5.74) is 6.12. The van der Waals surface area contributed by atoms with Crippen molar-refractivity contribution in [2.45, 2.75) is 31.5 Å². The standard InChI is InChI=1S/C14H20FN3O3.ClH/c1-21-13-4-5-17(12(7-13)8-16)9-10-6-11(15)2-3-14(10)18(19)20;/h2-3,6,12-13H,4-5,7-9,16H2,1H3;1H. The van der Waals surface area contributed by atoms with Gasteiger partial charge in [0.15, 0.2) is 0 Å². The van der Waals surface area contributed by atoms with Gasteiger partial charge in [-0.25, -0.2) is 4.39 Å². The van der Waals surface area contributed by atoms with Gasteiger partial charge in [0.25, 0.3) is 5.69 Å². The van der Waals surface area contributed by atoms with Crippen LogP contribution in [0, 0.1) is 15.9 Å². The normalized spacial score (nSPS) is 22.1. The van der Waals surface area contributed by atoms with Crippen LogP contribution in [0.25, 0.3) is 0 Å². The molecule has 2 unspecified atom stereocenters. The van der Waals surface area contributed by atoms with Crippen LogP contribution in [0.3, 0.4) is 0 Å². The Morgan fingerprint density at radius 2 is 2.27 bits per heavy atom. The fraction of sp³-hybridized carbons (Fsp3) is 0.571. The minimum atomic E-state index is -0.478. The summed E-state index contributed by atoms with van der Waals surface area (Å²) in [4.78, 5) is 12.6. The highest BCUT2D eigenvalue weighted by Gasteiger charge is 2.29. The second-order valence-corrected chi connectivity index (χ2v) is 5.27. The summed E-state index contributed by atoms with van der Waals surface area (Å²) in [7, 11) is 1.67. The quantitative estimate of drug-likeness (QED) is 0.659. The number of piperidine rings is 1. The van der Waals surface area contributed by atoms with Gasteiger partial charge < -0.3 is 10.5 Å². The smallest absolute Gasteiger partial charge is 0.274 e. The fourth-order valence-electron chi connectivity index (χ4n) is 2.81. The van der Waals surface area contributed by atoms with Crippen LogP contribution in [0.15, 0.2) is 18.2 Å². The number of ether oxygens (including phenoxy) is 1. The molecule has 1 saturated heterocycles. The predicted molar refractivity (Wildman–Crippen MR) is 83.6 cm³/mol. The molecular weight excluding hydrogens is 313 g/mol. The first-order chi connectivity index (χ1) is 10.0. The first-order valence-electron chi connectivity index (χ1n) is 6.95. The SMILES string of the molecule is COC1CCN(Cc2cc(F)ccc2[N+](=O)[O-])C(CN)C1.Cl. The topological polar surface area (TPSA) is 81.6 Å². The van der Waals surface area contributed by atoms with Gasteiger partial charge in [0.05, 0.1) is 11.0 Å². The molecule has 1 fully saturated rings. The molecule has 1 aliphatic heterocycles. The van der Waals surface area contributed by atoms with Gasteiger partial charge in [-0.2, -0.15) is 0 Å². The van der Waals surface area contributed by atoms with Gasteiger partial charge in [-0.3, -0.25) is 15.0 Å².